The zero-order chi connectivity index (χ0) is 12.3. The molecule has 0 aliphatic heterocycles. The van der Waals surface area contributed by atoms with E-state index in [2.05, 4.69) is 11.0 Å². The quantitative estimate of drug-likeness (QED) is 0.807. The van der Waals surface area contributed by atoms with Gasteiger partial charge in [0, 0.05) is 24.8 Å². The lowest BCUT2D eigenvalue weighted by molar-refractivity contribution is 0.563. The summed E-state index contributed by atoms with van der Waals surface area (Å²) in [6.45, 7) is 2.81. The minimum absolute atomic E-state index is 0.697. The van der Waals surface area contributed by atoms with E-state index in [-0.39, 0.29) is 0 Å². The van der Waals surface area contributed by atoms with Crippen LogP contribution in [0.2, 0.25) is 0 Å². The third-order valence-electron chi connectivity index (χ3n) is 2.74. The molecule has 0 saturated heterocycles. The van der Waals surface area contributed by atoms with Gasteiger partial charge in [-0.05, 0) is 36.8 Å². The molecule has 1 aromatic carbocycles. The molecular weight excluding hydrogens is 212 g/mol. The predicted molar refractivity (Wildman–Crippen MR) is 66.7 cm³/mol. The fourth-order valence-electron chi connectivity index (χ4n) is 1.89. The number of anilines is 1. The zero-order valence-electron chi connectivity index (χ0n) is 9.97. The molecule has 0 bridgehead atoms. The van der Waals surface area contributed by atoms with E-state index in [1.807, 2.05) is 38.2 Å². The van der Waals surface area contributed by atoms with Crippen molar-refractivity contribution < 1.29 is 4.42 Å². The summed E-state index contributed by atoms with van der Waals surface area (Å²) in [5, 5.41) is 8.82. The summed E-state index contributed by atoms with van der Waals surface area (Å²) in [5.74, 6) is 0. The van der Waals surface area contributed by atoms with E-state index >= 15 is 0 Å². The van der Waals surface area contributed by atoms with Gasteiger partial charge in [0.25, 0.3) is 0 Å². The van der Waals surface area contributed by atoms with E-state index in [9.17, 15) is 0 Å². The van der Waals surface area contributed by atoms with E-state index in [4.69, 9.17) is 9.68 Å². The number of nitriles is 1. The standard InChI is InChI=1S/C14H14N2O/c1-11-7-12(8-15)3-4-14(11)16(2)9-13-5-6-17-10-13/h3-7,10H,9H2,1-2H3. The molecule has 0 spiro atoms. The first-order valence-electron chi connectivity index (χ1n) is 5.43. The zero-order valence-corrected chi connectivity index (χ0v) is 9.97. The van der Waals surface area contributed by atoms with Gasteiger partial charge < -0.3 is 9.32 Å². The van der Waals surface area contributed by atoms with Gasteiger partial charge in [-0.1, -0.05) is 0 Å². The first-order valence-corrected chi connectivity index (χ1v) is 5.43. The fraction of sp³-hybridized carbons (Fsp3) is 0.214. The van der Waals surface area contributed by atoms with Gasteiger partial charge in [0.15, 0.2) is 0 Å². The molecule has 3 nitrogen and oxygen atoms in total. The van der Waals surface area contributed by atoms with Crippen molar-refractivity contribution in [3.63, 3.8) is 0 Å². The minimum atomic E-state index is 0.697. The highest BCUT2D eigenvalue weighted by atomic mass is 16.3. The van der Waals surface area contributed by atoms with Crippen LogP contribution in [0.3, 0.4) is 0 Å². The Labute approximate surface area is 101 Å². The maximum atomic E-state index is 8.82. The van der Waals surface area contributed by atoms with Crippen LogP contribution in [0.1, 0.15) is 16.7 Å². The first kappa shape index (κ1) is 11.3. The van der Waals surface area contributed by atoms with E-state index < -0.39 is 0 Å². The smallest absolute Gasteiger partial charge is 0.0991 e. The summed E-state index contributed by atoms with van der Waals surface area (Å²) in [5.41, 5.74) is 4.07. The van der Waals surface area contributed by atoms with Crippen LogP contribution in [0, 0.1) is 18.3 Å². The van der Waals surface area contributed by atoms with Crippen molar-refractivity contribution in [3.05, 3.63) is 53.5 Å². The summed E-state index contributed by atoms with van der Waals surface area (Å²) >= 11 is 0. The Morgan fingerprint density at radius 2 is 2.18 bits per heavy atom. The Kier molecular flexibility index (Phi) is 3.15. The van der Waals surface area contributed by atoms with Crippen molar-refractivity contribution in [1.29, 1.82) is 5.26 Å². The van der Waals surface area contributed by atoms with Crippen molar-refractivity contribution in [2.45, 2.75) is 13.5 Å². The van der Waals surface area contributed by atoms with Crippen LogP contribution < -0.4 is 4.90 Å². The third kappa shape index (κ3) is 2.48. The number of furan rings is 1. The van der Waals surface area contributed by atoms with Crippen molar-refractivity contribution >= 4 is 5.69 Å². The second-order valence-electron chi connectivity index (χ2n) is 4.10. The molecule has 1 aromatic heterocycles. The summed E-state index contributed by atoms with van der Waals surface area (Å²) in [6, 6.07) is 9.83. The Bertz CT molecular complexity index is 538. The third-order valence-corrected chi connectivity index (χ3v) is 2.74. The van der Waals surface area contributed by atoms with Gasteiger partial charge >= 0.3 is 0 Å². The monoisotopic (exact) mass is 226 g/mol. The van der Waals surface area contributed by atoms with Crippen LogP contribution in [0.5, 0.6) is 0 Å². The van der Waals surface area contributed by atoms with Gasteiger partial charge in [0.05, 0.1) is 24.2 Å². The first-order chi connectivity index (χ1) is 8.20. The van der Waals surface area contributed by atoms with E-state index in [1.165, 1.54) is 0 Å². The van der Waals surface area contributed by atoms with Crippen LogP contribution in [-0.4, -0.2) is 7.05 Å². The number of hydrogen-bond donors (Lipinski definition) is 0. The summed E-state index contributed by atoms with van der Waals surface area (Å²) < 4.78 is 5.05. The topological polar surface area (TPSA) is 40.2 Å². The normalized spacial score (nSPS) is 9.94. The summed E-state index contributed by atoms with van der Waals surface area (Å²) in [6.07, 6.45) is 3.42. The number of hydrogen-bond acceptors (Lipinski definition) is 3. The van der Waals surface area contributed by atoms with Gasteiger partial charge in [-0.15, -0.1) is 0 Å². The molecule has 0 amide bonds. The largest absolute Gasteiger partial charge is 0.472 e. The molecule has 0 aliphatic carbocycles. The van der Waals surface area contributed by atoms with Gasteiger partial charge in [-0.25, -0.2) is 0 Å². The van der Waals surface area contributed by atoms with Crippen LogP contribution >= 0.6 is 0 Å². The molecule has 17 heavy (non-hydrogen) atoms. The Morgan fingerprint density at radius 1 is 1.35 bits per heavy atom. The number of aryl methyl sites for hydroxylation is 1. The average molecular weight is 226 g/mol. The molecule has 3 heteroatoms. The lowest BCUT2D eigenvalue weighted by Crippen LogP contribution is -2.16. The highest BCUT2D eigenvalue weighted by Crippen LogP contribution is 2.21. The molecule has 86 valence electrons. The Morgan fingerprint density at radius 3 is 2.76 bits per heavy atom. The molecule has 0 fully saturated rings. The van der Waals surface area contributed by atoms with Crippen molar-refractivity contribution in [2.75, 3.05) is 11.9 Å². The van der Waals surface area contributed by atoms with Crippen LogP contribution in [0.15, 0.2) is 41.2 Å². The van der Waals surface area contributed by atoms with E-state index in [0.717, 1.165) is 23.4 Å². The predicted octanol–water partition coefficient (Wildman–Crippen LogP) is 3.10. The van der Waals surface area contributed by atoms with Crippen molar-refractivity contribution in [3.8, 4) is 6.07 Å². The van der Waals surface area contributed by atoms with Gasteiger partial charge in [0.2, 0.25) is 0 Å². The summed E-state index contributed by atoms with van der Waals surface area (Å²) in [4.78, 5) is 2.14. The van der Waals surface area contributed by atoms with Crippen LogP contribution in [0.25, 0.3) is 0 Å². The lowest BCUT2D eigenvalue weighted by Gasteiger charge is -2.20. The second-order valence-corrected chi connectivity index (χ2v) is 4.10. The highest BCUT2D eigenvalue weighted by Gasteiger charge is 2.06. The van der Waals surface area contributed by atoms with Gasteiger partial charge in [-0.2, -0.15) is 5.26 Å². The number of rotatable bonds is 3. The highest BCUT2D eigenvalue weighted by molar-refractivity contribution is 5.55. The average Bonchev–Trinajstić information content (AvgIpc) is 2.81. The van der Waals surface area contributed by atoms with Crippen molar-refractivity contribution in [1.82, 2.24) is 0 Å². The SMILES string of the molecule is Cc1cc(C#N)ccc1N(C)Cc1ccoc1. The molecule has 0 radical (unpaired) electrons. The molecule has 0 unspecified atom stereocenters. The van der Waals surface area contributed by atoms with E-state index in [0.29, 0.717) is 5.56 Å². The number of nitrogens with zero attached hydrogens (tertiary/aromatic N) is 2. The molecule has 0 aliphatic rings. The lowest BCUT2D eigenvalue weighted by atomic mass is 10.1. The van der Waals surface area contributed by atoms with Crippen LogP contribution in [0.4, 0.5) is 5.69 Å². The molecule has 0 N–H and O–H groups in total. The molecule has 0 saturated carbocycles. The van der Waals surface area contributed by atoms with E-state index in [1.54, 1.807) is 12.5 Å². The molecule has 2 rings (SSSR count). The Balaban J connectivity index is 2.20. The minimum Gasteiger partial charge on any atom is -0.472 e. The molecular formula is C14H14N2O. The van der Waals surface area contributed by atoms with Crippen LogP contribution in [-0.2, 0) is 6.54 Å². The molecule has 2 aromatic rings. The Hall–Kier alpha value is -2.21. The molecule has 0 atom stereocenters. The second kappa shape index (κ2) is 4.75. The maximum Gasteiger partial charge on any atom is 0.0991 e. The molecule has 1 heterocycles. The van der Waals surface area contributed by atoms with Gasteiger partial charge in [-0.3, -0.25) is 0 Å². The van der Waals surface area contributed by atoms with Gasteiger partial charge in [0.1, 0.15) is 0 Å². The fourth-order valence-corrected chi connectivity index (χ4v) is 1.89. The number of benzene rings is 1. The summed E-state index contributed by atoms with van der Waals surface area (Å²) in [7, 11) is 2.03. The maximum absolute atomic E-state index is 8.82. The van der Waals surface area contributed by atoms with Crippen molar-refractivity contribution in [2.24, 2.45) is 0 Å².